The van der Waals surface area contributed by atoms with Gasteiger partial charge < -0.3 is 5.73 Å². The molecule has 0 bridgehead atoms. The van der Waals surface area contributed by atoms with Crippen molar-refractivity contribution in [1.29, 1.82) is 0 Å². The van der Waals surface area contributed by atoms with Crippen molar-refractivity contribution in [3.8, 4) is 0 Å². The summed E-state index contributed by atoms with van der Waals surface area (Å²) in [5, 5.41) is 4.08. The highest BCUT2D eigenvalue weighted by Gasteiger charge is 2.15. The predicted octanol–water partition coefficient (Wildman–Crippen LogP) is 1.41. The molecule has 2 rings (SSSR count). The average molecular weight is 230 g/mol. The molecule has 0 radical (unpaired) electrons. The van der Waals surface area contributed by atoms with Crippen molar-refractivity contribution in [1.82, 2.24) is 14.8 Å². The number of benzene rings is 1. The monoisotopic (exact) mass is 230 g/mol. The van der Waals surface area contributed by atoms with E-state index in [4.69, 9.17) is 5.73 Å². The van der Waals surface area contributed by atoms with Crippen LogP contribution in [0.2, 0.25) is 0 Å². The van der Waals surface area contributed by atoms with Gasteiger partial charge in [0.1, 0.15) is 12.2 Å². The number of aromatic nitrogens is 3. The molecule has 0 amide bonds. The molecular formula is C13H18N4. The molecule has 1 heterocycles. The van der Waals surface area contributed by atoms with Gasteiger partial charge in [-0.2, -0.15) is 5.10 Å². The summed E-state index contributed by atoms with van der Waals surface area (Å²) in [6.45, 7) is 2.74. The third-order valence-corrected chi connectivity index (χ3v) is 3.15. The van der Waals surface area contributed by atoms with Crippen LogP contribution in [0.15, 0.2) is 30.6 Å². The van der Waals surface area contributed by atoms with E-state index in [-0.39, 0.29) is 0 Å². The van der Waals surface area contributed by atoms with Crippen LogP contribution < -0.4 is 5.73 Å². The van der Waals surface area contributed by atoms with Crippen LogP contribution >= 0.6 is 0 Å². The summed E-state index contributed by atoms with van der Waals surface area (Å²) in [5.41, 5.74) is 8.47. The van der Waals surface area contributed by atoms with Gasteiger partial charge in [-0.1, -0.05) is 24.3 Å². The highest BCUT2D eigenvalue weighted by molar-refractivity contribution is 5.30. The molecule has 17 heavy (non-hydrogen) atoms. The summed E-state index contributed by atoms with van der Waals surface area (Å²) in [7, 11) is 1.91. The SMILES string of the molecule is Cc1ccccc1C(CN)Cc1ncnn1C. The molecular weight excluding hydrogens is 212 g/mol. The van der Waals surface area contributed by atoms with E-state index in [1.807, 2.05) is 7.05 Å². The van der Waals surface area contributed by atoms with Crippen LogP contribution in [-0.4, -0.2) is 21.3 Å². The second kappa shape index (κ2) is 5.10. The third kappa shape index (κ3) is 2.53. The molecule has 2 aromatic rings. The van der Waals surface area contributed by atoms with Crippen molar-refractivity contribution in [2.75, 3.05) is 6.54 Å². The largest absolute Gasteiger partial charge is 0.330 e. The van der Waals surface area contributed by atoms with Gasteiger partial charge >= 0.3 is 0 Å². The minimum atomic E-state index is 0.305. The Labute approximate surface area is 101 Å². The Morgan fingerprint density at radius 1 is 1.35 bits per heavy atom. The Kier molecular flexibility index (Phi) is 3.54. The molecule has 4 nitrogen and oxygen atoms in total. The standard InChI is InChI=1S/C13H18N4/c1-10-5-3-4-6-12(10)11(8-14)7-13-15-9-16-17(13)2/h3-6,9,11H,7-8,14H2,1-2H3. The third-order valence-electron chi connectivity index (χ3n) is 3.15. The van der Waals surface area contributed by atoms with Crippen molar-refractivity contribution in [2.45, 2.75) is 19.3 Å². The Balaban J connectivity index is 2.23. The summed E-state index contributed by atoms with van der Waals surface area (Å²) in [5.74, 6) is 1.28. The summed E-state index contributed by atoms with van der Waals surface area (Å²) < 4.78 is 1.81. The lowest BCUT2D eigenvalue weighted by molar-refractivity contribution is 0.617. The molecule has 0 fully saturated rings. The van der Waals surface area contributed by atoms with Gasteiger partial charge in [0, 0.05) is 19.4 Å². The molecule has 1 aromatic heterocycles. The van der Waals surface area contributed by atoms with E-state index in [0.29, 0.717) is 12.5 Å². The van der Waals surface area contributed by atoms with Crippen LogP contribution in [0.1, 0.15) is 22.9 Å². The average Bonchev–Trinajstić information content (AvgIpc) is 2.73. The van der Waals surface area contributed by atoms with E-state index >= 15 is 0 Å². The van der Waals surface area contributed by atoms with E-state index < -0.39 is 0 Å². The molecule has 0 aliphatic rings. The Morgan fingerprint density at radius 2 is 2.12 bits per heavy atom. The molecule has 1 atom stereocenters. The van der Waals surface area contributed by atoms with Gasteiger partial charge in [-0.05, 0) is 24.6 Å². The Hall–Kier alpha value is -1.68. The maximum atomic E-state index is 5.88. The maximum Gasteiger partial charge on any atom is 0.138 e. The van der Waals surface area contributed by atoms with Crippen LogP contribution in [0.4, 0.5) is 0 Å². The van der Waals surface area contributed by atoms with Gasteiger partial charge in [-0.15, -0.1) is 0 Å². The molecule has 2 N–H and O–H groups in total. The molecule has 0 saturated carbocycles. The van der Waals surface area contributed by atoms with Gasteiger partial charge in [-0.25, -0.2) is 4.98 Å². The summed E-state index contributed by atoms with van der Waals surface area (Å²) >= 11 is 0. The van der Waals surface area contributed by atoms with Gasteiger partial charge in [0.05, 0.1) is 0 Å². The first-order valence-corrected chi connectivity index (χ1v) is 5.81. The molecule has 1 unspecified atom stereocenters. The lowest BCUT2D eigenvalue weighted by Gasteiger charge is -2.16. The first-order chi connectivity index (χ1) is 8.22. The summed E-state index contributed by atoms with van der Waals surface area (Å²) in [6, 6.07) is 8.37. The number of hydrogen-bond acceptors (Lipinski definition) is 3. The first-order valence-electron chi connectivity index (χ1n) is 5.81. The number of hydrogen-bond donors (Lipinski definition) is 1. The lowest BCUT2D eigenvalue weighted by atomic mass is 9.92. The lowest BCUT2D eigenvalue weighted by Crippen LogP contribution is -2.18. The minimum absolute atomic E-state index is 0.305. The number of nitrogens with two attached hydrogens (primary N) is 1. The fraction of sp³-hybridized carbons (Fsp3) is 0.385. The molecule has 0 saturated heterocycles. The summed E-state index contributed by atoms with van der Waals surface area (Å²) in [6.07, 6.45) is 2.42. The molecule has 4 heteroatoms. The second-order valence-electron chi connectivity index (χ2n) is 4.29. The van der Waals surface area contributed by atoms with Crippen LogP contribution in [0.5, 0.6) is 0 Å². The quantitative estimate of drug-likeness (QED) is 0.864. The molecule has 0 aliphatic carbocycles. The summed E-state index contributed by atoms with van der Waals surface area (Å²) in [4.78, 5) is 4.25. The van der Waals surface area contributed by atoms with Gasteiger partial charge in [-0.3, -0.25) is 4.68 Å². The van der Waals surface area contributed by atoms with Gasteiger partial charge in [0.25, 0.3) is 0 Å². The second-order valence-corrected chi connectivity index (χ2v) is 4.29. The topological polar surface area (TPSA) is 56.7 Å². The highest BCUT2D eigenvalue weighted by Crippen LogP contribution is 2.21. The van der Waals surface area contributed by atoms with Gasteiger partial charge in [0.2, 0.25) is 0 Å². The van der Waals surface area contributed by atoms with Crippen molar-refractivity contribution < 1.29 is 0 Å². The highest BCUT2D eigenvalue weighted by atomic mass is 15.3. The minimum Gasteiger partial charge on any atom is -0.330 e. The molecule has 0 aliphatic heterocycles. The van der Waals surface area contributed by atoms with Crippen molar-refractivity contribution in [2.24, 2.45) is 12.8 Å². The van der Waals surface area contributed by atoms with E-state index in [1.54, 1.807) is 11.0 Å². The predicted molar refractivity (Wildman–Crippen MR) is 67.7 cm³/mol. The zero-order valence-electron chi connectivity index (χ0n) is 10.3. The van der Waals surface area contributed by atoms with E-state index in [9.17, 15) is 0 Å². The van der Waals surface area contributed by atoms with Crippen LogP contribution in [0.3, 0.4) is 0 Å². The van der Waals surface area contributed by atoms with Crippen molar-refractivity contribution in [3.63, 3.8) is 0 Å². The van der Waals surface area contributed by atoms with E-state index in [0.717, 1.165) is 12.2 Å². The number of aryl methyl sites for hydroxylation is 2. The van der Waals surface area contributed by atoms with Crippen molar-refractivity contribution >= 4 is 0 Å². The molecule has 90 valence electrons. The smallest absolute Gasteiger partial charge is 0.138 e. The fourth-order valence-electron chi connectivity index (χ4n) is 2.09. The number of rotatable bonds is 4. The van der Waals surface area contributed by atoms with E-state index in [1.165, 1.54) is 11.1 Å². The normalized spacial score (nSPS) is 12.6. The molecule has 1 aromatic carbocycles. The van der Waals surface area contributed by atoms with Crippen LogP contribution in [-0.2, 0) is 13.5 Å². The zero-order valence-corrected chi connectivity index (χ0v) is 10.3. The molecule has 0 spiro atoms. The maximum absolute atomic E-state index is 5.88. The van der Waals surface area contributed by atoms with Crippen LogP contribution in [0.25, 0.3) is 0 Å². The van der Waals surface area contributed by atoms with Crippen LogP contribution in [0, 0.1) is 6.92 Å². The zero-order chi connectivity index (χ0) is 12.3. The van der Waals surface area contributed by atoms with Gasteiger partial charge in [0.15, 0.2) is 0 Å². The Morgan fingerprint density at radius 3 is 2.71 bits per heavy atom. The van der Waals surface area contributed by atoms with E-state index in [2.05, 4.69) is 41.3 Å². The first kappa shape index (κ1) is 11.8. The Bertz CT molecular complexity index is 490. The number of nitrogens with zero attached hydrogens (tertiary/aromatic N) is 3. The fourth-order valence-corrected chi connectivity index (χ4v) is 2.09. The van der Waals surface area contributed by atoms with Crippen molar-refractivity contribution in [3.05, 3.63) is 47.5 Å².